The predicted octanol–water partition coefficient (Wildman–Crippen LogP) is 4.63. The van der Waals surface area contributed by atoms with Crippen molar-refractivity contribution >= 4 is 0 Å². The maximum Gasteiger partial charge on any atom is 0.119 e. The van der Waals surface area contributed by atoms with Gasteiger partial charge in [-0.2, -0.15) is 0 Å². The minimum Gasteiger partial charge on any atom is -0.497 e. The molecular weight excluding hydrogens is 258 g/mol. The Kier molecular flexibility index (Phi) is 6.10. The van der Waals surface area contributed by atoms with Gasteiger partial charge in [0.1, 0.15) is 5.75 Å². The molecule has 0 radical (unpaired) electrons. The second-order valence-corrected chi connectivity index (χ2v) is 6.50. The summed E-state index contributed by atoms with van der Waals surface area (Å²) >= 11 is 0. The van der Waals surface area contributed by atoms with E-state index in [0.29, 0.717) is 5.41 Å². The van der Waals surface area contributed by atoms with Crippen molar-refractivity contribution in [3.63, 3.8) is 0 Å². The fourth-order valence-corrected chi connectivity index (χ4v) is 3.75. The zero-order valence-electron chi connectivity index (χ0n) is 14.0. The molecule has 21 heavy (non-hydrogen) atoms. The smallest absolute Gasteiger partial charge is 0.119 e. The molecule has 1 aliphatic rings. The highest BCUT2D eigenvalue weighted by Gasteiger charge is 2.38. The Hall–Kier alpha value is -1.02. The van der Waals surface area contributed by atoms with E-state index in [2.05, 4.69) is 43.0 Å². The first-order valence-electron chi connectivity index (χ1n) is 8.61. The van der Waals surface area contributed by atoms with Crippen LogP contribution in [0.25, 0.3) is 0 Å². The second-order valence-electron chi connectivity index (χ2n) is 6.50. The van der Waals surface area contributed by atoms with Crippen molar-refractivity contribution in [3.05, 3.63) is 29.8 Å². The molecule has 0 unspecified atom stereocenters. The van der Waals surface area contributed by atoms with Crippen LogP contribution in [-0.4, -0.2) is 31.6 Å². The first kappa shape index (κ1) is 16.4. The zero-order chi connectivity index (χ0) is 15.1. The average molecular weight is 289 g/mol. The number of methoxy groups -OCH3 is 1. The van der Waals surface area contributed by atoms with Crippen LogP contribution in [0.2, 0.25) is 0 Å². The highest BCUT2D eigenvalue weighted by Crippen LogP contribution is 2.39. The molecule has 1 heterocycles. The molecule has 1 atom stereocenters. The molecule has 0 amide bonds. The summed E-state index contributed by atoms with van der Waals surface area (Å²) in [7, 11) is 1.76. The van der Waals surface area contributed by atoms with Gasteiger partial charge in [-0.25, -0.2) is 0 Å². The summed E-state index contributed by atoms with van der Waals surface area (Å²) in [4.78, 5) is 2.67. The Bertz CT molecular complexity index is 431. The molecule has 2 heteroatoms. The molecule has 0 aliphatic carbocycles. The Labute approximate surface area is 130 Å². The summed E-state index contributed by atoms with van der Waals surface area (Å²) in [5.41, 5.74) is 1.82. The van der Waals surface area contributed by atoms with Gasteiger partial charge in [-0.05, 0) is 50.0 Å². The number of likely N-dealkylation sites (tertiary alicyclic amines) is 1. The molecule has 0 N–H and O–H groups in total. The van der Waals surface area contributed by atoms with Crippen molar-refractivity contribution in [2.75, 3.05) is 26.7 Å². The van der Waals surface area contributed by atoms with Gasteiger partial charge >= 0.3 is 0 Å². The van der Waals surface area contributed by atoms with Crippen molar-refractivity contribution in [2.24, 2.45) is 0 Å². The summed E-state index contributed by atoms with van der Waals surface area (Å²) in [5, 5.41) is 0. The third-order valence-electron chi connectivity index (χ3n) is 4.92. The summed E-state index contributed by atoms with van der Waals surface area (Å²) in [6.45, 7) is 8.32. The van der Waals surface area contributed by atoms with E-state index in [0.717, 1.165) is 5.75 Å². The lowest BCUT2D eigenvalue weighted by Crippen LogP contribution is -2.31. The van der Waals surface area contributed by atoms with Crippen LogP contribution in [0.5, 0.6) is 5.75 Å². The van der Waals surface area contributed by atoms with Gasteiger partial charge in [-0.1, -0.05) is 45.2 Å². The molecule has 1 aromatic rings. The van der Waals surface area contributed by atoms with Gasteiger partial charge in [0.05, 0.1) is 7.11 Å². The van der Waals surface area contributed by atoms with Crippen molar-refractivity contribution in [1.29, 1.82) is 0 Å². The molecule has 118 valence electrons. The number of hydrogen-bond donors (Lipinski definition) is 0. The van der Waals surface area contributed by atoms with Crippen LogP contribution in [-0.2, 0) is 5.41 Å². The maximum absolute atomic E-state index is 5.43. The summed E-state index contributed by atoms with van der Waals surface area (Å²) in [6.07, 6.45) is 7.83. The van der Waals surface area contributed by atoms with Gasteiger partial charge in [0.25, 0.3) is 0 Å². The van der Waals surface area contributed by atoms with E-state index >= 15 is 0 Å². The van der Waals surface area contributed by atoms with Gasteiger partial charge in [-0.3, -0.25) is 0 Å². The molecule has 1 saturated heterocycles. The lowest BCUT2D eigenvalue weighted by atomic mass is 9.76. The van der Waals surface area contributed by atoms with E-state index in [9.17, 15) is 0 Å². The number of rotatable bonds is 8. The summed E-state index contributed by atoms with van der Waals surface area (Å²) in [5.74, 6) is 0.993. The minimum absolute atomic E-state index is 0.343. The normalized spacial score (nSPS) is 22.6. The Balaban J connectivity index is 2.10. The lowest BCUT2D eigenvalue weighted by Gasteiger charge is -2.30. The Morgan fingerprint density at radius 3 is 2.76 bits per heavy atom. The van der Waals surface area contributed by atoms with E-state index < -0.39 is 0 Å². The van der Waals surface area contributed by atoms with E-state index in [1.54, 1.807) is 7.11 Å². The van der Waals surface area contributed by atoms with Crippen LogP contribution in [0.15, 0.2) is 24.3 Å². The molecule has 0 saturated carbocycles. The van der Waals surface area contributed by atoms with E-state index in [-0.39, 0.29) is 0 Å². The van der Waals surface area contributed by atoms with Gasteiger partial charge < -0.3 is 9.64 Å². The lowest BCUT2D eigenvalue weighted by molar-refractivity contribution is 0.294. The van der Waals surface area contributed by atoms with E-state index in [4.69, 9.17) is 4.74 Å². The van der Waals surface area contributed by atoms with Crippen LogP contribution in [0.1, 0.15) is 57.9 Å². The average Bonchev–Trinajstić information content (AvgIpc) is 2.93. The van der Waals surface area contributed by atoms with Gasteiger partial charge in [0.15, 0.2) is 0 Å². The number of ether oxygens (including phenoxy) is 1. The number of benzene rings is 1. The fourth-order valence-electron chi connectivity index (χ4n) is 3.75. The highest BCUT2D eigenvalue weighted by molar-refractivity contribution is 5.35. The molecule has 2 nitrogen and oxygen atoms in total. The van der Waals surface area contributed by atoms with E-state index in [1.165, 1.54) is 63.7 Å². The van der Waals surface area contributed by atoms with Crippen molar-refractivity contribution in [1.82, 2.24) is 4.90 Å². The van der Waals surface area contributed by atoms with Gasteiger partial charge in [-0.15, -0.1) is 0 Å². The SMILES string of the molecule is CCCCCN1CC[C@@](CCC)(c2cccc(OC)c2)C1. The fraction of sp³-hybridized carbons (Fsp3) is 0.684. The minimum atomic E-state index is 0.343. The molecule has 1 aromatic carbocycles. The van der Waals surface area contributed by atoms with Gasteiger partial charge in [0.2, 0.25) is 0 Å². The molecule has 2 rings (SSSR count). The van der Waals surface area contributed by atoms with E-state index in [1.807, 2.05) is 0 Å². The summed E-state index contributed by atoms with van der Waals surface area (Å²) in [6, 6.07) is 8.75. The molecule has 0 aromatic heterocycles. The molecule has 0 spiro atoms. The molecule has 1 fully saturated rings. The van der Waals surface area contributed by atoms with Crippen LogP contribution in [0, 0.1) is 0 Å². The second kappa shape index (κ2) is 7.84. The van der Waals surface area contributed by atoms with Crippen molar-refractivity contribution in [3.8, 4) is 5.75 Å². The third kappa shape index (κ3) is 4.00. The maximum atomic E-state index is 5.43. The number of unbranched alkanes of at least 4 members (excludes halogenated alkanes) is 2. The molecule has 1 aliphatic heterocycles. The third-order valence-corrected chi connectivity index (χ3v) is 4.92. The first-order chi connectivity index (χ1) is 10.2. The van der Waals surface area contributed by atoms with Crippen LogP contribution < -0.4 is 4.74 Å². The van der Waals surface area contributed by atoms with Crippen molar-refractivity contribution in [2.45, 2.75) is 57.8 Å². The molecular formula is C19H31NO. The van der Waals surface area contributed by atoms with Crippen LogP contribution >= 0.6 is 0 Å². The topological polar surface area (TPSA) is 12.5 Å². The monoisotopic (exact) mass is 289 g/mol. The Morgan fingerprint density at radius 1 is 1.19 bits per heavy atom. The number of hydrogen-bond acceptors (Lipinski definition) is 2. The van der Waals surface area contributed by atoms with Crippen LogP contribution in [0.3, 0.4) is 0 Å². The Morgan fingerprint density at radius 2 is 2.05 bits per heavy atom. The largest absolute Gasteiger partial charge is 0.497 e. The number of nitrogens with zero attached hydrogens (tertiary/aromatic N) is 1. The predicted molar refractivity (Wildman–Crippen MR) is 90.2 cm³/mol. The quantitative estimate of drug-likeness (QED) is 0.647. The first-order valence-corrected chi connectivity index (χ1v) is 8.61. The zero-order valence-corrected chi connectivity index (χ0v) is 14.0. The molecule has 0 bridgehead atoms. The van der Waals surface area contributed by atoms with Crippen molar-refractivity contribution < 1.29 is 4.74 Å². The van der Waals surface area contributed by atoms with Crippen LogP contribution in [0.4, 0.5) is 0 Å². The highest BCUT2D eigenvalue weighted by atomic mass is 16.5. The standard InChI is InChI=1S/C19H31NO/c1-4-6-7-13-20-14-12-19(16-20,11-5-2)17-9-8-10-18(15-17)21-3/h8-10,15H,4-7,11-14,16H2,1-3H3/t19-/m1/s1. The van der Waals surface area contributed by atoms with Gasteiger partial charge in [0, 0.05) is 12.0 Å². The summed E-state index contributed by atoms with van der Waals surface area (Å²) < 4.78 is 5.43.